The molecule has 6 nitrogen and oxygen atoms in total. The van der Waals surface area contributed by atoms with Crippen LogP contribution in [0.4, 0.5) is 0 Å². The van der Waals surface area contributed by atoms with E-state index in [1.54, 1.807) is 0 Å². The molecule has 1 heterocycles. The fourth-order valence-corrected chi connectivity index (χ4v) is 2.64. The maximum absolute atomic E-state index is 12.2. The molecule has 7 heteroatoms. The average molecular weight is 380 g/mol. The lowest BCUT2D eigenvalue weighted by Crippen LogP contribution is -2.25. The molecular weight excluding hydrogens is 362 g/mol. The molecular formula is C16H18BrN3O3. The van der Waals surface area contributed by atoms with Crippen LogP contribution in [0.3, 0.4) is 0 Å². The molecule has 1 aromatic carbocycles. The number of H-pyrrole nitrogens is 1. The van der Waals surface area contributed by atoms with Crippen LogP contribution in [0.2, 0.25) is 0 Å². The number of esters is 1. The van der Waals surface area contributed by atoms with Crippen molar-refractivity contribution in [2.75, 3.05) is 13.7 Å². The van der Waals surface area contributed by atoms with Crippen LogP contribution in [0.25, 0.3) is 11.3 Å². The number of aromatic nitrogens is 2. The summed E-state index contributed by atoms with van der Waals surface area (Å²) in [4.78, 5) is 23.1. The number of methoxy groups -OCH3 is 1. The smallest absolute Gasteiger partial charge is 0.305 e. The number of unbranched alkanes of at least 4 members (excludes halogenated alkanes) is 1. The second kappa shape index (κ2) is 8.47. The zero-order valence-electron chi connectivity index (χ0n) is 12.8. The highest BCUT2D eigenvalue weighted by Gasteiger charge is 2.17. The van der Waals surface area contributed by atoms with Gasteiger partial charge in [-0.05, 0) is 28.8 Å². The van der Waals surface area contributed by atoms with Crippen molar-refractivity contribution < 1.29 is 14.3 Å². The van der Waals surface area contributed by atoms with Gasteiger partial charge >= 0.3 is 5.97 Å². The van der Waals surface area contributed by atoms with Gasteiger partial charge in [-0.3, -0.25) is 14.7 Å². The van der Waals surface area contributed by atoms with Crippen molar-refractivity contribution in [3.63, 3.8) is 0 Å². The molecule has 1 aromatic heterocycles. The zero-order valence-corrected chi connectivity index (χ0v) is 14.4. The highest BCUT2D eigenvalue weighted by atomic mass is 79.9. The van der Waals surface area contributed by atoms with Gasteiger partial charge in [-0.1, -0.05) is 30.3 Å². The van der Waals surface area contributed by atoms with E-state index in [0.29, 0.717) is 41.7 Å². The topological polar surface area (TPSA) is 84.1 Å². The van der Waals surface area contributed by atoms with E-state index >= 15 is 0 Å². The predicted octanol–water partition coefficient (Wildman–Crippen LogP) is 2.91. The molecule has 2 N–H and O–H groups in total. The molecule has 0 radical (unpaired) electrons. The van der Waals surface area contributed by atoms with Crippen molar-refractivity contribution in [1.82, 2.24) is 15.5 Å². The third kappa shape index (κ3) is 4.66. The lowest BCUT2D eigenvalue weighted by molar-refractivity contribution is -0.140. The number of carbonyl (C=O) groups excluding carboxylic acids is 2. The third-order valence-electron chi connectivity index (χ3n) is 3.30. The Hall–Kier alpha value is -2.15. The van der Waals surface area contributed by atoms with Crippen LogP contribution in [0.1, 0.15) is 29.8 Å². The van der Waals surface area contributed by atoms with Gasteiger partial charge in [-0.25, -0.2) is 0 Å². The first-order valence-electron chi connectivity index (χ1n) is 7.27. The number of hydrogen-bond acceptors (Lipinski definition) is 4. The zero-order chi connectivity index (χ0) is 16.7. The van der Waals surface area contributed by atoms with E-state index in [2.05, 4.69) is 36.2 Å². The van der Waals surface area contributed by atoms with Crippen LogP contribution in [0.5, 0.6) is 0 Å². The Bertz CT molecular complexity index is 670. The molecule has 0 aliphatic rings. The molecule has 2 rings (SSSR count). The molecule has 2 aromatic rings. The van der Waals surface area contributed by atoms with Gasteiger partial charge in [0.15, 0.2) is 0 Å². The first kappa shape index (κ1) is 17.2. The molecule has 0 spiro atoms. The molecule has 0 fully saturated rings. The number of benzene rings is 1. The van der Waals surface area contributed by atoms with E-state index in [4.69, 9.17) is 0 Å². The number of nitrogens with zero attached hydrogens (tertiary/aromatic N) is 1. The van der Waals surface area contributed by atoms with Gasteiger partial charge in [0, 0.05) is 18.5 Å². The van der Waals surface area contributed by atoms with Gasteiger partial charge in [-0.15, -0.1) is 0 Å². The Morgan fingerprint density at radius 3 is 2.70 bits per heavy atom. The number of halogens is 1. The second-order valence-electron chi connectivity index (χ2n) is 4.92. The van der Waals surface area contributed by atoms with Crippen LogP contribution in [-0.2, 0) is 9.53 Å². The quantitative estimate of drug-likeness (QED) is 0.572. The van der Waals surface area contributed by atoms with E-state index in [1.165, 1.54) is 7.11 Å². The van der Waals surface area contributed by atoms with Crippen molar-refractivity contribution in [2.24, 2.45) is 0 Å². The molecule has 122 valence electrons. The number of rotatable bonds is 7. The molecule has 0 aliphatic heterocycles. The van der Waals surface area contributed by atoms with E-state index in [0.717, 1.165) is 5.56 Å². The van der Waals surface area contributed by atoms with Crippen LogP contribution in [-0.4, -0.2) is 35.7 Å². The summed E-state index contributed by atoms with van der Waals surface area (Å²) in [6.45, 7) is 0.488. The van der Waals surface area contributed by atoms with Crippen molar-refractivity contribution in [2.45, 2.75) is 19.3 Å². The Morgan fingerprint density at radius 2 is 2.00 bits per heavy atom. The minimum absolute atomic E-state index is 0.232. The van der Waals surface area contributed by atoms with Gasteiger partial charge in [0.05, 0.1) is 11.6 Å². The molecule has 23 heavy (non-hydrogen) atoms. The summed E-state index contributed by atoms with van der Waals surface area (Å²) < 4.78 is 5.20. The normalized spacial score (nSPS) is 10.3. The van der Waals surface area contributed by atoms with Crippen molar-refractivity contribution in [1.29, 1.82) is 0 Å². The summed E-state index contributed by atoms with van der Waals surface area (Å²) in [5.74, 6) is -0.468. The lowest BCUT2D eigenvalue weighted by atomic mass is 10.1. The SMILES string of the molecule is COC(=O)CCCCNC(=O)c1[nH]nc(-c2ccccc2)c1Br. The van der Waals surface area contributed by atoms with Crippen molar-refractivity contribution in [3.8, 4) is 11.3 Å². The van der Waals surface area contributed by atoms with Crippen molar-refractivity contribution >= 4 is 27.8 Å². The number of carbonyl (C=O) groups is 2. The van der Waals surface area contributed by atoms with E-state index in [9.17, 15) is 9.59 Å². The van der Waals surface area contributed by atoms with E-state index < -0.39 is 0 Å². The van der Waals surface area contributed by atoms with Gasteiger partial charge in [0.25, 0.3) is 5.91 Å². The predicted molar refractivity (Wildman–Crippen MR) is 89.9 cm³/mol. The van der Waals surface area contributed by atoms with Crippen LogP contribution >= 0.6 is 15.9 Å². The Kier molecular flexibility index (Phi) is 6.34. The highest BCUT2D eigenvalue weighted by Crippen LogP contribution is 2.28. The summed E-state index contributed by atoms with van der Waals surface area (Å²) in [5, 5.41) is 9.75. The minimum Gasteiger partial charge on any atom is -0.469 e. The van der Waals surface area contributed by atoms with Crippen LogP contribution < -0.4 is 5.32 Å². The number of aromatic amines is 1. The van der Waals surface area contributed by atoms with Gasteiger partial charge in [0.1, 0.15) is 11.4 Å². The highest BCUT2D eigenvalue weighted by molar-refractivity contribution is 9.10. The first-order valence-corrected chi connectivity index (χ1v) is 8.07. The molecule has 0 saturated heterocycles. The van der Waals surface area contributed by atoms with Gasteiger partial charge < -0.3 is 10.1 Å². The number of amides is 1. The third-order valence-corrected chi connectivity index (χ3v) is 4.07. The van der Waals surface area contributed by atoms with Gasteiger partial charge in [-0.2, -0.15) is 5.10 Å². The Labute approximate surface area is 142 Å². The molecule has 0 atom stereocenters. The second-order valence-corrected chi connectivity index (χ2v) is 5.71. The van der Waals surface area contributed by atoms with Gasteiger partial charge in [0.2, 0.25) is 0 Å². The molecule has 0 unspecified atom stereocenters. The first-order chi connectivity index (χ1) is 11.1. The number of ether oxygens (including phenoxy) is 1. The molecule has 1 amide bonds. The average Bonchev–Trinajstić information content (AvgIpc) is 2.96. The fourth-order valence-electron chi connectivity index (χ4n) is 2.05. The van der Waals surface area contributed by atoms with Crippen LogP contribution in [0.15, 0.2) is 34.8 Å². The summed E-state index contributed by atoms with van der Waals surface area (Å²) >= 11 is 3.42. The number of hydrogen-bond donors (Lipinski definition) is 2. The monoisotopic (exact) mass is 379 g/mol. The maximum Gasteiger partial charge on any atom is 0.305 e. The fraction of sp³-hybridized carbons (Fsp3) is 0.312. The Morgan fingerprint density at radius 1 is 1.26 bits per heavy atom. The summed E-state index contributed by atoms with van der Waals surface area (Å²) in [6.07, 6.45) is 1.74. The van der Waals surface area contributed by atoms with Crippen molar-refractivity contribution in [3.05, 3.63) is 40.5 Å². The summed E-state index contributed by atoms with van der Waals surface area (Å²) in [6, 6.07) is 9.60. The molecule has 0 aliphatic carbocycles. The standard InChI is InChI=1S/C16H18BrN3O3/c1-23-12(21)9-5-6-10-18-16(22)15-13(17)14(19-20-15)11-7-3-2-4-8-11/h2-4,7-8H,5-6,9-10H2,1H3,(H,18,22)(H,19,20). The largest absolute Gasteiger partial charge is 0.469 e. The lowest BCUT2D eigenvalue weighted by Gasteiger charge is -2.04. The van der Waals surface area contributed by atoms with E-state index in [1.807, 2.05) is 30.3 Å². The summed E-state index contributed by atoms with van der Waals surface area (Å²) in [5.41, 5.74) is 2.01. The van der Waals surface area contributed by atoms with E-state index in [-0.39, 0.29) is 11.9 Å². The van der Waals surface area contributed by atoms with Crippen LogP contribution in [0, 0.1) is 0 Å². The maximum atomic E-state index is 12.2. The molecule has 0 bridgehead atoms. The Balaban J connectivity index is 1.89. The minimum atomic E-state index is -0.236. The number of nitrogens with one attached hydrogen (secondary N) is 2. The summed E-state index contributed by atoms with van der Waals surface area (Å²) in [7, 11) is 1.37. The molecule has 0 saturated carbocycles.